The van der Waals surface area contributed by atoms with E-state index >= 15 is 0 Å². The third kappa shape index (κ3) is 8.31. The average molecular weight is 276 g/mol. The van der Waals surface area contributed by atoms with Crippen LogP contribution in [0.4, 0.5) is 0 Å². The number of nitrogens with zero attached hydrogens (tertiary/aromatic N) is 1. The number of hydrogen-bond donors (Lipinski definition) is 1. The average Bonchev–Trinajstić information content (AvgIpc) is 2.47. The largest absolute Gasteiger partial charge is 0.314 e. The lowest BCUT2D eigenvalue weighted by Crippen LogP contribution is -2.30. The maximum absolute atomic E-state index is 4.21. The second kappa shape index (κ2) is 11.9. The number of nitrogens with one attached hydrogen (secondary N) is 1. The molecule has 1 atom stereocenters. The molecule has 1 aromatic rings. The van der Waals surface area contributed by atoms with Gasteiger partial charge in [-0.3, -0.25) is 4.98 Å². The summed E-state index contributed by atoms with van der Waals surface area (Å²) in [5.41, 5.74) is 1.35. The van der Waals surface area contributed by atoms with E-state index < -0.39 is 0 Å². The number of aromatic nitrogens is 1. The minimum absolute atomic E-state index is 0.611. The Morgan fingerprint density at radius 1 is 1.05 bits per heavy atom. The maximum Gasteiger partial charge on any atom is 0.0300 e. The highest BCUT2D eigenvalue weighted by atomic mass is 14.9. The van der Waals surface area contributed by atoms with E-state index in [2.05, 4.69) is 30.2 Å². The Hall–Kier alpha value is -0.890. The highest BCUT2D eigenvalue weighted by Gasteiger charge is 2.08. The van der Waals surface area contributed by atoms with E-state index in [4.69, 9.17) is 0 Å². The van der Waals surface area contributed by atoms with Gasteiger partial charge in [-0.05, 0) is 31.0 Å². The third-order valence-electron chi connectivity index (χ3n) is 3.85. The maximum atomic E-state index is 4.21. The number of unbranched alkanes of at least 4 members (excludes halogenated alkanes) is 6. The monoisotopic (exact) mass is 276 g/mol. The zero-order valence-electron chi connectivity index (χ0n) is 13.4. The molecule has 0 bridgehead atoms. The van der Waals surface area contributed by atoms with E-state index in [1.807, 2.05) is 18.5 Å². The molecule has 0 amide bonds. The van der Waals surface area contributed by atoms with Crippen molar-refractivity contribution >= 4 is 0 Å². The molecule has 0 spiro atoms. The van der Waals surface area contributed by atoms with E-state index in [0.717, 1.165) is 13.0 Å². The molecule has 0 aliphatic rings. The molecular weight excluding hydrogens is 244 g/mol. The van der Waals surface area contributed by atoms with Crippen molar-refractivity contribution in [1.29, 1.82) is 0 Å². The van der Waals surface area contributed by atoms with Crippen molar-refractivity contribution in [3.63, 3.8) is 0 Å². The van der Waals surface area contributed by atoms with Crippen LogP contribution in [-0.2, 0) is 6.42 Å². The summed E-state index contributed by atoms with van der Waals surface area (Å²) in [5.74, 6) is 0. The SMILES string of the molecule is CCCCCCCCCC(Cc1cccnc1)NCC. The summed E-state index contributed by atoms with van der Waals surface area (Å²) in [6.07, 6.45) is 16.0. The molecule has 1 unspecified atom stereocenters. The number of pyridine rings is 1. The van der Waals surface area contributed by atoms with Crippen LogP contribution in [0.25, 0.3) is 0 Å². The molecule has 20 heavy (non-hydrogen) atoms. The van der Waals surface area contributed by atoms with Gasteiger partial charge in [-0.1, -0.05) is 64.9 Å². The van der Waals surface area contributed by atoms with Gasteiger partial charge in [0.15, 0.2) is 0 Å². The van der Waals surface area contributed by atoms with Gasteiger partial charge in [-0.15, -0.1) is 0 Å². The van der Waals surface area contributed by atoms with Gasteiger partial charge in [0, 0.05) is 18.4 Å². The fraction of sp³-hybridized carbons (Fsp3) is 0.722. The molecule has 0 radical (unpaired) electrons. The molecule has 1 aromatic heterocycles. The first-order valence-electron chi connectivity index (χ1n) is 8.49. The van der Waals surface area contributed by atoms with Crippen molar-refractivity contribution < 1.29 is 0 Å². The quantitative estimate of drug-likeness (QED) is 0.558. The number of rotatable bonds is 12. The normalized spacial score (nSPS) is 12.5. The van der Waals surface area contributed by atoms with Crippen molar-refractivity contribution in [2.75, 3.05) is 6.54 Å². The summed E-state index contributed by atoms with van der Waals surface area (Å²) in [4.78, 5) is 4.21. The summed E-state index contributed by atoms with van der Waals surface area (Å²) in [7, 11) is 0. The standard InChI is InChI=1S/C18H32N2/c1-3-5-6-7-8-9-10-13-18(20-4-2)15-17-12-11-14-19-16-17/h11-12,14,16,18,20H,3-10,13,15H2,1-2H3. The third-order valence-corrected chi connectivity index (χ3v) is 3.85. The Labute approximate surface area is 125 Å². The van der Waals surface area contributed by atoms with Gasteiger partial charge in [0.2, 0.25) is 0 Å². The molecule has 0 aliphatic heterocycles. The molecular formula is C18H32N2. The van der Waals surface area contributed by atoms with Crippen LogP contribution in [0.3, 0.4) is 0 Å². The summed E-state index contributed by atoms with van der Waals surface area (Å²) in [6.45, 7) is 5.53. The van der Waals surface area contributed by atoms with E-state index in [-0.39, 0.29) is 0 Å². The lowest BCUT2D eigenvalue weighted by molar-refractivity contribution is 0.458. The molecule has 0 fully saturated rings. The minimum Gasteiger partial charge on any atom is -0.314 e. The van der Waals surface area contributed by atoms with E-state index in [0.29, 0.717) is 6.04 Å². The van der Waals surface area contributed by atoms with Gasteiger partial charge in [0.05, 0.1) is 0 Å². The minimum atomic E-state index is 0.611. The summed E-state index contributed by atoms with van der Waals surface area (Å²) in [5, 5.41) is 3.61. The molecule has 1 heterocycles. The van der Waals surface area contributed by atoms with Crippen LogP contribution in [0.15, 0.2) is 24.5 Å². The lowest BCUT2D eigenvalue weighted by atomic mass is 10.0. The van der Waals surface area contributed by atoms with Crippen molar-refractivity contribution in [2.24, 2.45) is 0 Å². The first-order valence-corrected chi connectivity index (χ1v) is 8.49. The highest BCUT2D eigenvalue weighted by molar-refractivity contribution is 5.10. The van der Waals surface area contributed by atoms with Crippen LogP contribution in [0.1, 0.15) is 70.8 Å². The van der Waals surface area contributed by atoms with Crippen LogP contribution in [0.5, 0.6) is 0 Å². The number of likely N-dealkylation sites (N-methyl/N-ethyl adjacent to an activating group) is 1. The Bertz CT molecular complexity index is 310. The fourth-order valence-electron chi connectivity index (χ4n) is 2.72. The molecule has 0 aromatic carbocycles. The van der Waals surface area contributed by atoms with E-state index in [1.54, 1.807) is 0 Å². The Morgan fingerprint density at radius 3 is 2.45 bits per heavy atom. The van der Waals surface area contributed by atoms with Gasteiger partial charge in [-0.2, -0.15) is 0 Å². The zero-order chi connectivity index (χ0) is 14.5. The lowest BCUT2D eigenvalue weighted by Gasteiger charge is -2.17. The van der Waals surface area contributed by atoms with Gasteiger partial charge in [0.25, 0.3) is 0 Å². The van der Waals surface area contributed by atoms with Crippen LogP contribution in [0, 0.1) is 0 Å². The fourth-order valence-corrected chi connectivity index (χ4v) is 2.72. The van der Waals surface area contributed by atoms with Crippen LogP contribution >= 0.6 is 0 Å². The Kier molecular flexibility index (Phi) is 10.2. The van der Waals surface area contributed by atoms with Crippen molar-refractivity contribution in [2.45, 2.75) is 77.7 Å². The van der Waals surface area contributed by atoms with Gasteiger partial charge in [0.1, 0.15) is 0 Å². The first kappa shape index (κ1) is 17.2. The molecule has 1 N–H and O–H groups in total. The second-order valence-corrected chi connectivity index (χ2v) is 5.73. The molecule has 0 aliphatic carbocycles. The van der Waals surface area contributed by atoms with Gasteiger partial charge >= 0.3 is 0 Å². The smallest absolute Gasteiger partial charge is 0.0300 e. The van der Waals surface area contributed by atoms with Crippen LogP contribution in [0.2, 0.25) is 0 Å². The van der Waals surface area contributed by atoms with E-state index in [1.165, 1.54) is 56.9 Å². The van der Waals surface area contributed by atoms with Crippen LogP contribution in [-0.4, -0.2) is 17.6 Å². The Morgan fingerprint density at radius 2 is 1.80 bits per heavy atom. The predicted molar refractivity (Wildman–Crippen MR) is 88.0 cm³/mol. The highest BCUT2D eigenvalue weighted by Crippen LogP contribution is 2.12. The Balaban J connectivity index is 2.15. The zero-order valence-corrected chi connectivity index (χ0v) is 13.4. The van der Waals surface area contributed by atoms with Crippen molar-refractivity contribution in [3.05, 3.63) is 30.1 Å². The van der Waals surface area contributed by atoms with Crippen LogP contribution < -0.4 is 5.32 Å². The molecule has 0 saturated carbocycles. The second-order valence-electron chi connectivity index (χ2n) is 5.73. The number of hydrogen-bond acceptors (Lipinski definition) is 2. The molecule has 114 valence electrons. The van der Waals surface area contributed by atoms with Gasteiger partial charge in [-0.25, -0.2) is 0 Å². The molecule has 1 rings (SSSR count). The summed E-state index contributed by atoms with van der Waals surface area (Å²) < 4.78 is 0. The van der Waals surface area contributed by atoms with Gasteiger partial charge < -0.3 is 5.32 Å². The molecule has 2 nitrogen and oxygen atoms in total. The molecule has 0 saturated heterocycles. The first-order chi connectivity index (χ1) is 9.86. The molecule has 2 heteroatoms. The topological polar surface area (TPSA) is 24.9 Å². The van der Waals surface area contributed by atoms with Crippen molar-refractivity contribution in [3.8, 4) is 0 Å². The predicted octanol–water partition coefficient (Wildman–Crippen LogP) is 4.74. The van der Waals surface area contributed by atoms with E-state index in [9.17, 15) is 0 Å². The summed E-state index contributed by atoms with van der Waals surface area (Å²) >= 11 is 0. The van der Waals surface area contributed by atoms with Crippen molar-refractivity contribution in [1.82, 2.24) is 10.3 Å². The summed E-state index contributed by atoms with van der Waals surface area (Å²) in [6, 6.07) is 4.83.